The molecule has 2 heterocycles. The summed E-state index contributed by atoms with van der Waals surface area (Å²) in [5.74, 6) is 1.34. The van der Waals surface area contributed by atoms with Crippen molar-refractivity contribution in [2.24, 2.45) is 5.92 Å². The lowest BCUT2D eigenvalue weighted by Gasteiger charge is -2.27. The average Bonchev–Trinajstić information content (AvgIpc) is 2.86. The molecule has 1 saturated heterocycles. The predicted molar refractivity (Wildman–Crippen MR) is 66.2 cm³/mol. The first-order valence-electron chi connectivity index (χ1n) is 6.49. The highest BCUT2D eigenvalue weighted by atomic mass is 16.5. The van der Waals surface area contributed by atoms with E-state index >= 15 is 0 Å². The molecule has 2 unspecified atom stereocenters. The Labute approximate surface area is 102 Å². The van der Waals surface area contributed by atoms with Gasteiger partial charge in [0.15, 0.2) is 0 Å². The number of hydrogen-bond acceptors (Lipinski definition) is 3. The van der Waals surface area contributed by atoms with Gasteiger partial charge >= 0.3 is 0 Å². The molecule has 0 radical (unpaired) electrons. The van der Waals surface area contributed by atoms with Gasteiger partial charge in [-0.15, -0.1) is 0 Å². The summed E-state index contributed by atoms with van der Waals surface area (Å²) >= 11 is 0. The van der Waals surface area contributed by atoms with Gasteiger partial charge in [0, 0.05) is 18.9 Å². The van der Waals surface area contributed by atoms with Crippen LogP contribution in [0.15, 0.2) is 18.2 Å². The summed E-state index contributed by atoms with van der Waals surface area (Å²) in [7, 11) is 0. The van der Waals surface area contributed by atoms with Crippen molar-refractivity contribution in [3.05, 3.63) is 29.3 Å². The molecule has 0 amide bonds. The summed E-state index contributed by atoms with van der Waals surface area (Å²) in [6, 6.07) is 6.11. The lowest BCUT2D eigenvalue weighted by molar-refractivity contribution is 0.0921. The quantitative estimate of drug-likeness (QED) is 0.816. The minimum absolute atomic E-state index is 0.339. The van der Waals surface area contributed by atoms with Crippen LogP contribution in [0.2, 0.25) is 0 Å². The maximum atomic E-state index is 10.4. The van der Waals surface area contributed by atoms with Crippen LogP contribution in [-0.2, 0) is 6.42 Å². The molecular formula is C14H19NO2. The molecule has 92 valence electrons. The number of fused-ring (bicyclic) bond motifs is 1. The van der Waals surface area contributed by atoms with Gasteiger partial charge in [-0.25, -0.2) is 0 Å². The zero-order chi connectivity index (χ0) is 11.7. The maximum Gasteiger partial charge on any atom is 0.122 e. The third-order valence-electron chi connectivity index (χ3n) is 3.84. The molecule has 0 spiro atoms. The van der Waals surface area contributed by atoms with Crippen LogP contribution in [0.4, 0.5) is 0 Å². The predicted octanol–water partition coefficient (Wildman–Crippen LogP) is 1.65. The van der Waals surface area contributed by atoms with E-state index in [9.17, 15) is 5.11 Å². The number of rotatable bonds is 2. The highest BCUT2D eigenvalue weighted by Crippen LogP contribution is 2.32. The number of benzene rings is 1. The molecule has 1 aromatic rings. The first-order chi connectivity index (χ1) is 8.34. The Morgan fingerprint density at radius 2 is 2.35 bits per heavy atom. The second-order valence-electron chi connectivity index (χ2n) is 5.02. The van der Waals surface area contributed by atoms with Crippen LogP contribution in [0, 0.1) is 5.92 Å². The van der Waals surface area contributed by atoms with Crippen LogP contribution in [0.1, 0.15) is 30.1 Å². The molecule has 17 heavy (non-hydrogen) atoms. The van der Waals surface area contributed by atoms with E-state index in [4.69, 9.17) is 4.74 Å². The molecule has 2 N–H and O–H groups in total. The van der Waals surface area contributed by atoms with E-state index in [2.05, 4.69) is 11.4 Å². The molecule has 2 atom stereocenters. The van der Waals surface area contributed by atoms with Crippen molar-refractivity contribution < 1.29 is 9.84 Å². The van der Waals surface area contributed by atoms with Gasteiger partial charge in [-0.3, -0.25) is 0 Å². The second kappa shape index (κ2) is 4.67. The van der Waals surface area contributed by atoms with Gasteiger partial charge in [-0.05, 0) is 42.6 Å². The molecule has 0 aromatic heterocycles. The SMILES string of the molecule is OC(c1ccc2c(c1)CCO2)C1CCCNC1. The van der Waals surface area contributed by atoms with Gasteiger partial charge in [-0.1, -0.05) is 6.07 Å². The van der Waals surface area contributed by atoms with Crippen molar-refractivity contribution in [3.8, 4) is 5.75 Å². The zero-order valence-corrected chi connectivity index (χ0v) is 9.98. The van der Waals surface area contributed by atoms with Gasteiger partial charge in [0.25, 0.3) is 0 Å². The van der Waals surface area contributed by atoms with E-state index in [1.165, 1.54) is 5.56 Å². The lowest BCUT2D eigenvalue weighted by atomic mass is 9.89. The van der Waals surface area contributed by atoms with Crippen LogP contribution in [0.25, 0.3) is 0 Å². The minimum Gasteiger partial charge on any atom is -0.493 e. The van der Waals surface area contributed by atoms with Gasteiger partial charge < -0.3 is 15.2 Å². The van der Waals surface area contributed by atoms with Crippen LogP contribution in [0.3, 0.4) is 0 Å². The molecule has 2 aliphatic rings. The Balaban J connectivity index is 1.78. The van der Waals surface area contributed by atoms with Crippen LogP contribution in [-0.4, -0.2) is 24.8 Å². The smallest absolute Gasteiger partial charge is 0.122 e. The fourth-order valence-electron chi connectivity index (χ4n) is 2.81. The fourth-order valence-corrected chi connectivity index (χ4v) is 2.81. The minimum atomic E-state index is -0.339. The molecule has 3 heteroatoms. The summed E-state index contributed by atoms with van der Waals surface area (Å²) < 4.78 is 5.48. The Kier molecular flexibility index (Phi) is 3.04. The Hall–Kier alpha value is -1.06. The normalized spacial score (nSPS) is 25.1. The van der Waals surface area contributed by atoms with E-state index in [0.717, 1.165) is 50.3 Å². The number of aliphatic hydroxyl groups excluding tert-OH is 1. The summed E-state index contributed by atoms with van der Waals surface area (Å²) in [5.41, 5.74) is 2.29. The number of hydrogen-bond donors (Lipinski definition) is 2. The maximum absolute atomic E-state index is 10.4. The lowest BCUT2D eigenvalue weighted by Crippen LogP contribution is -2.33. The summed E-state index contributed by atoms with van der Waals surface area (Å²) in [5, 5.41) is 13.7. The Morgan fingerprint density at radius 1 is 1.41 bits per heavy atom. The van der Waals surface area contributed by atoms with Crippen molar-refractivity contribution in [1.29, 1.82) is 0 Å². The van der Waals surface area contributed by atoms with Gasteiger partial charge in [0.05, 0.1) is 12.7 Å². The van der Waals surface area contributed by atoms with Crippen LogP contribution < -0.4 is 10.1 Å². The number of aliphatic hydroxyl groups is 1. The van der Waals surface area contributed by atoms with E-state index in [1.807, 2.05) is 12.1 Å². The van der Waals surface area contributed by atoms with E-state index in [1.54, 1.807) is 0 Å². The highest BCUT2D eigenvalue weighted by Gasteiger charge is 2.24. The third kappa shape index (κ3) is 2.17. The number of nitrogens with one attached hydrogen (secondary N) is 1. The summed E-state index contributed by atoms with van der Waals surface area (Å²) in [6.07, 6.45) is 2.91. The largest absolute Gasteiger partial charge is 0.493 e. The van der Waals surface area contributed by atoms with Crippen LogP contribution >= 0.6 is 0 Å². The molecular weight excluding hydrogens is 214 g/mol. The van der Waals surface area contributed by atoms with Crippen molar-refractivity contribution >= 4 is 0 Å². The Bertz CT molecular complexity index is 399. The molecule has 3 nitrogen and oxygen atoms in total. The topological polar surface area (TPSA) is 41.5 Å². The Morgan fingerprint density at radius 3 is 3.18 bits per heavy atom. The van der Waals surface area contributed by atoms with Crippen LogP contribution in [0.5, 0.6) is 5.75 Å². The molecule has 0 saturated carbocycles. The monoisotopic (exact) mass is 233 g/mol. The molecule has 2 aliphatic heterocycles. The number of ether oxygens (including phenoxy) is 1. The van der Waals surface area contributed by atoms with Gasteiger partial charge in [0.1, 0.15) is 5.75 Å². The first kappa shape index (κ1) is 11.1. The first-order valence-corrected chi connectivity index (χ1v) is 6.49. The van der Waals surface area contributed by atoms with E-state index < -0.39 is 0 Å². The van der Waals surface area contributed by atoms with Crippen molar-refractivity contribution in [2.75, 3.05) is 19.7 Å². The molecule has 0 aliphatic carbocycles. The second-order valence-corrected chi connectivity index (χ2v) is 5.02. The van der Waals surface area contributed by atoms with Gasteiger partial charge in [-0.2, -0.15) is 0 Å². The third-order valence-corrected chi connectivity index (χ3v) is 3.84. The molecule has 1 fully saturated rings. The highest BCUT2D eigenvalue weighted by molar-refractivity contribution is 5.40. The van der Waals surface area contributed by atoms with Crippen molar-refractivity contribution in [2.45, 2.75) is 25.4 Å². The number of piperidine rings is 1. The van der Waals surface area contributed by atoms with E-state index in [-0.39, 0.29) is 6.10 Å². The average molecular weight is 233 g/mol. The molecule has 1 aromatic carbocycles. The molecule has 0 bridgehead atoms. The standard InChI is InChI=1S/C14H19NO2/c16-14(12-2-1-6-15-9-12)11-3-4-13-10(8-11)5-7-17-13/h3-4,8,12,14-16H,1-2,5-7,9H2. The van der Waals surface area contributed by atoms with Crippen molar-refractivity contribution in [1.82, 2.24) is 5.32 Å². The summed E-state index contributed by atoms with van der Waals surface area (Å²) in [4.78, 5) is 0. The zero-order valence-electron chi connectivity index (χ0n) is 9.98. The van der Waals surface area contributed by atoms with E-state index in [0.29, 0.717) is 5.92 Å². The summed E-state index contributed by atoms with van der Waals surface area (Å²) in [6.45, 7) is 2.79. The van der Waals surface area contributed by atoms with Gasteiger partial charge in [0.2, 0.25) is 0 Å². The fraction of sp³-hybridized carbons (Fsp3) is 0.571. The van der Waals surface area contributed by atoms with Crippen molar-refractivity contribution in [3.63, 3.8) is 0 Å². The molecule has 3 rings (SSSR count).